The molecule has 5 nitrogen and oxygen atoms in total. The van der Waals surface area contributed by atoms with Gasteiger partial charge >= 0.3 is 0 Å². The van der Waals surface area contributed by atoms with Crippen molar-refractivity contribution in [3.05, 3.63) is 35.4 Å². The molecule has 3 N–H and O–H groups in total. The van der Waals surface area contributed by atoms with Crippen LogP contribution >= 0.6 is 0 Å². The maximum atomic E-state index is 12.3. The van der Waals surface area contributed by atoms with Crippen LogP contribution in [0.2, 0.25) is 0 Å². The molecule has 1 rings (SSSR count). The highest BCUT2D eigenvalue weighted by atomic mass is 32.2. The Balaban J connectivity index is 2.78. The van der Waals surface area contributed by atoms with Crippen LogP contribution in [0, 0.1) is 10.8 Å². The van der Waals surface area contributed by atoms with Gasteiger partial charge in [0.1, 0.15) is 5.84 Å². The first-order valence-corrected chi connectivity index (χ1v) is 8.49. The Labute approximate surface area is 127 Å². The van der Waals surface area contributed by atoms with Crippen molar-refractivity contribution in [2.24, 2.45) is 11.1 Å². The van der Waals surface area contributed by atoms with Gasteiger partial charge in [-0.05, 0) is 23.5 Å². The van der Waals surface area contributed by atoms with E-state index in [2.05, 4.69) is 0 Å². The first-order valence-electron chi connectivity index (χ1n) is 6.89. The molecule has 0 amide bonds. The Hall–Kier alpha value is -1.40. The van der Waals surface area contributed by atoms with E-state index >= 15 is 0 Å². The maximum absolute atomic E-state index is 12.3. The molecule has 0 spiro atoms. The van der Waals surface area contributed by atoms with Gasteiger partial charge in [0.2, 0.25) is 10.0 Å². The number of hydrogen-bond acceptors (Lipinski definition) is 3. The molecule has 118 valence electrons. The summed E-state index contributed by atoms with van der Waals surface area (Å²) in [6.07, 6.45) is 0.618. The second-order valence-corrected chi connectivity index (χ2v) is 8.69. The lowest BCUT2D eigenvalue weighted by Gasteiger charge is -2.22. The van der Waals surface area contributed by atoms with Crippen LogP contribution in [0.3, 0.4) is 0 Å². The highest BCUT2D eigenvalue weighted by Gasteiger charge is 2.21. The molecule has 1 aromatic rings. The predicted molar refractivity (Wildman–Crippen MR) is 86.8 cm³/mol. The smallest absolute Gasteiger partial charge is 0.214 e. The van der Waals surface area contributed by atoms with Crippen LogP contribution in [-0.4, -0.2) is 31.4 Å². The van der Waals surface area contributed by atoms with Crippen molar-refractivity contribution in [3.63, 3.8) is 0 Å². The van der Waals surface area contributed by atoms with Gasteiger partial charge in [-0.3, -0.25) is 5.41 Å². The molecule has 0 saturated carbocycles. The number of amidine groups is 1. The predicted octanol–water partition coefficient (Wildman–Crippen LogP) is 2.17. The molecule has 0 unspecified atom stereocenters. The molecule has 1 aromatic carbocycles. The Kier molecular flexibility index (Phi) is 5.53. The standard InChI is InChI=1S/C15H25N3O2S/c1-15(2,3)8-9-21(19,20)18(4)11-12-6-5-7-13(10-12)14(16)17/h5-7,10H,8-9,11H2,1-4H3,(H3,16,17). The Morgan fingerprint density at radius 2 is 1.95 bits per heavy atom. The minimum atomic E-state index is -3.28. The third-order valence-corrected chi connectivity index (χ3v) is 5.03. The fourth-order valence-electron chi connectivity index (χ4n) is 1.78. The summed E-state index contributed by atoms with van der Waals surface area (Å²) in [5, 5.41) is 7.42. The molecule has 6 heteroatoms. The van der Waals surface area contributed by atoms with Crippen molar-refractivity contribution < 1.29 is 8.42 Å². The summed E-state index contributed by atoms with van der Waals surface area (Å²) >= 11 is 0. The normalized spacial score (nSPS) is 12.6. The number of hydrogen-bond donors (Lipinski definition) is 2. The van der Waals surface area contributed by atoms with Crippen LogP contribution in [0.5, 0.6) is 0 Å². The van der Waals surface area contributed by atoms with Gasteiger partial charge in [0.25, 0.3) is 0 Å². The number of rotatable bonds is 6. The Morgan fingerprint density at radius 1 is 1.33 bits per heavy atom. The summed E-state index contributed by atoms with van der Waals surface area (Å²) in [6, 6.07) is 7.10. The van der Waals surface area contributed by atoms with E-state index in [-0.39, 0.29) is 23.5 Å². The number of sulfonamides is 1. The van der Waals surface area contributed by atoms with Crippen LogP contribution in [0.25, 0.3) is 0 Å². The third-order valence-electron chi connectivity index (χ3n) is 3.23. The summed E-state index contributed by atoms with van der Waals surface area (Å²) < 4.78 is 25.9. The lowest BCUT2D eigenvalue weighted by molar-refractivity contribution is 0.388. The molecule has 0 aromatic heterocycles. The van der Waals surface area contributed by atoms with Crippen molar-refractivity contribution in [1.82, 2.24) is 4.31 Å². The second kappa shape index (κ2) is 6.58. The highest BCUT2D eigenvalue weighted by molar-refractivity contribution is 7.89. The van der Waals surface area contributed by atoms with Crippen LogP contribution in [-0.2, 0) is 16.6 Å². The largest absolute Gasteiger partial charge is 0.384 e. The van der Waals surface area contributed by atoms with Crippen LogP contribution in [0.15, 0.2) is 24.3 Å². The fraction of sp³-hybridized carbons (Fsp3) is 0.533. The van der Waals surface area contributed by atoms with Gasteiger partial charge in [0.05, 0.1) is 5.75 Å². The quantitative estimate of drug-likeness (QED) is 0.623. The molecule has 0 heterocycles. The van der Waals surface area contributed by atoms with Gasteiger partial charge in [-0.2, -0.15) is 0 Å². The third kappa shape index (κ3) is 5.85. The van der Waals surface area contributed by atoms with E-state index < -0.39 is 10.0 Å². The average Bonchev–Trinajstić information content (AvgIpc) is 2.36. The first kappa shape index (κ1) is 17.7. The minimum Gasteiger partial charge on any atom is -0.384 e. The van der Waals surface area contributed by atoms with Crippen molar-refractivity contribution in [2.75, 3.05) is 12.8 Å². The van der Waals surface area contributed by atoms with Crippen LogP contribution in [0.4, 0.5) is 0 Å². The number of nitrogens with two attached hydrogens (primary N) is 1. The molecule has 0 radical (unpaired) electrons. The van der Waals surface area contributed by atoms with Gasteiger partial charge in [-0.25, -0.2) is 12.7 Å². The van der Waals surface area contributed by atoms with Crippen LogP contribution < -0.4 is 5.73 Å². The molecule has 0 aliphatic heterocycles. The SMILES string of the molecule is CN(Cc1cccc(C(=N)N)c1)S(=O)(=O)CCC(C)(C)C. The molecule has 0 atom stereocenters. The van der Waals surface area contributed by atoms with E-state index in [0.717, 1.165) is 5.56 Å². The van der Waals surface area contributed by atoms with Crippen LogP contribution in [0.1, 0.15) is 38.3 Å². The summed E-state index contributed by atoms with van der Waals surface area (Å²) in [6.45, 7) is 6.37. The van der Waals surface area contributed by atoms with Crippen molar-refractivity contribution in [3.8, 4) is 0 Å². The topological polar surface area (TPSA) is 87.2 Å². The first-order chi connectivity index (χ1) is 9.51. The van der Waals surface area contributed by atoms with Gasteiger partial charge < -0.3 is 5.73 Å². The highest BCUT2D eigenvalue weighted by Crippen LogP contribution is 2.20. The summed E-state index contributed by atoms with van der Waals surface area (Å²) in [4.78, 5) is 0. The molecular weight excluding hydrogens is 286 g/mol. The second-order valence-electron chi connectivity index (χ2n) is 6.50. The lowest BCUT2D eigenvalue weighted by Crippen LogP contribution is -2.30. The van der Waals surface area contributed by atoms with Gasteiger partial charge in [-0.15, -0.1) is 0 Å². The fourth-order valence-corrected chi connectivity index (χ4v) is 3.31. The molecule has 0 bridgehead atoms. The van der Waals surface area contributed by atoms with Crippen molar-refractivity contribution >= 4 is 15.9 Å². The van der Waals surface area contributed by atoms with E-state index in [1.165, 1.54) is 4.31 Å². The average molecular weight is 311 g/mol. The number of benzene rings is 1. The van der Waals surface area contributed by atoms with E-state index in [9.17, 15) is 8.42 Å². The molecule has 0 saturated heterocycles. The van der Waals surface area contributed by atoms with E-state index in [1.807, 2.05) is 26.8 Å². The Bertz CT molecular complexity index is 604. The molecule has 0 aliphatic carbocycles. The number of nitrogens with zero attached hydrogens (tertiary/aromatic N) is 1. The monoisotopic (exact) mass is 311 g/mol. The molecule has 0 aliphatic rings. The zero-order valence-electron chi connectivity index (χ0n) is 13.2. The number of nitrogen functional groups attached to an aromatic ring is 1. The summed E-state index contributed by atoms with van der Waals surface area (Å²) in [5.41, 5.74) is 6.86. The minimum absolute atomic E-state index is 0.0115. The van der Waals surface area contributed by atoms with E-state index in [1.54, 1.807) is 25.2 Å². The Morgan fingerprint density at radius 3 is 2.48 bits per heavy atom. The molecular formula is C15H25N3O2S. The van der Waals surface area contributed by atoms with Gasteiger partial charge in [0.15, 0.2) is 0 Å². The van der Waals surface area contributed by atoms with E-state index in [4.69, 9.17) is 11.1 Å². The number of nitrogens with one attached hydrogen (secondary N) is 1. The maximum Gasteiger partial charge on any atom is 0.214 e. The van der Waals surface area contributed by atoms with Crippen molar-refractivity contribution in [1.29, 1.82) is 5.41 Å². The molecule has 21 heavy (non-hydrogen) atoms. The van der Waals surface area contributed by atoms with Gasteiger partial charge in [0, 0.05) is 19.2 Å². The zero-order chi connectivity index (χ0) is 16.3. The zero-order valence-corrected chi connectivity index (χ0v) is 14.0. The van der Waals surface area contributed by atoms with Crippen molar-refractivity contribution in [2.45, 2.75) is 33.7 Å². The van der Waals surface area contributed by atoms with E-state index in [0.29, 0.717) is 12.0 Å². The van der Waals surface area contributed by atoms with Gasteiger partial charge in [-0.1, -0.05) is 39.0 Å². The molecule has 0 fully saturated rings. The lowest BCUT2D eigenvalue weighted by atomic mass is 9.94. The summed E-state index contributed by atoms with van der Waals surface area (Å²) in [5.74, 6) is 0.120. The summed E-state index contributed by atoms with van der Waals surface area (Å²) in [7, 11) is -1.69.